The maximum absolute atomic E-state index is 9.61. The van der Waals surface area contributed by atoms with Crippen LogP contribution in [0.1, 0.15) is 16.8 Å². The Balaban J connectivity index is 2.47. The molecular formula is C13H13N3O2. The fraction of sp³-hybridized carbons (Fsp3) is 0.231. The van der Waals surface area contributed by atoms with Crippen molar-refractivity contribution >= 4 is 0 Å². The van der Waals surface area contributed by atoms with Crippen LogP contribution >= 0.6 is 0 Å². The Kier molecular flexibility index (Phi) is 2.94. The summed E-state index contributed by atoms with van der Waals surface area (Å²) < 4.78 is 7.19. The van der Waals surface area contributed by atoms with Gasteiger partial charge in [0.2, 0.25) is 5.88 Å². The molecule has 18 heavy (non-hydrogen) atoms. The summed E-state index contributed by atoms with van der Waals surface area (Å²) in [6.07, 6.45) is 0. The van der Waals surface area contributed by atoms with Gasteiger partial charge in [-0.05, 0) is 26.0 Å². The van der Waals surface area contributed by atoms with Crippen LogP contribution in [0.4, 0.5) is 0 Å². The summed E-state index contributed by atoms with van der Waals surface area (Å²) in [6, 6.07) is 7.08. The second-order valence-electron chi connectivity index (χ2n) is 4.00. The molecule has 2 rings (SSSR count). The summed E-state index contributed by atoms with van der Waals surface area (Å²) >= 11 is 0. The first-order valence-electron chi connectivity index (χ1n) is 5.44. The van der Waals surface area contributed by atoms with Crippen LogP contribution < -0.4 is 4.74 Å². The van der Waals surface area contributed by atoms with Gasteiger partial charge in [-0.1, -0.05) is 6.07 Å². The molecular weight excluding hydrogens is 230 g/mol. The Labute approximate surface area is 105 Å². The lowest BCUT2D eigenvalue weighted by atomic mass is 10.2. The summed E-state index contributed by atoms with van der Waals surface area (Å²) in [5, 5.41) is 22.8. The predicted molar refractivity (Wildman–Crippen MR) is 65.6 cm³/mol. The third kappa shape index (κ3) is 1.89. The molecule has 1 aromatic carbocycles. The van der Waals surface area contributed by atoms with Crippen molar-refractivity contribution in [1.29, 1.82) is 5.26 Å². The molecule has 0 saturated carbocycles. The van der Waals surface area contributed by atoms with Crippen LogP contribution in [0, 0.1) is 25.2 Å². The number of hydrogen-bond acceptors (Lipinski definition) is 4. The Morgan fingerprint density at radius 1 is 1.39 bits per heavy atom. The van der Waals surface area contributed by atoms with E-state index in [9.17, 15) is 5.11 Å². The number of nitriles is 1. The molecule has 0 aliphatic heterocycles. The van der Waals surface area contributed by atoms with Crippen molar-refractivity contribution in [1.82, 2.24) is 9.78 Å². The Bertz CT molecular complexity index is 638. The first-order valence-corrected chi connectivity index (χ1v) is 5.44. The van der Waals surface area contributed by atoms with Gasteiger partial charge in [0.1, 0.15) is 23.1 Å². The number of nitrogens with zero attached hydrogens (tertiary/aromatic N) is 3. The van der Waals surface area contributed by atoms with Gasteiger partial charge >= 0.3 is 0 Å². The fourth-order valence-corrected chi connectivity index (χ4v) is 1.70. The second kappa shape index (κ2) is 4.41. The summed E-state index contributed by atoms with van der Waals surface area (Å²) in [7, 11) is 1.71. The first kappa shape index (κ1) is 12.0. The number of aromatic hydroxyl groups is 1. The number of hydrogen-bond donors (Lipinski definition) is 1. The van der Waals surface area contributed by atoms with Gasteiger partial charge in [-0.2, -0.15) is 10.4 Å². The van der Waals surface area contributed by atoms with Crippen molar-refractivity contribution in [3.8, 4) is 23.4 Å². The molecule has 5 nitrogen and oxygen atoms in total. The quantitative estimate of drug-likeness (QED) is 0.879. The van der Waals surface area contributed by atoms with E-state index in [0.717, 1.165) is 0 Å². The molecule has 0 spiro atoms. The highest BCUT2D eigenvalue weighted by atomic mass is 16.5. The first-order chi connectivity index (χ1) is 8.54. The van der Waals surface area contributed by atoms with Crippen molar-refractivity contribution in [2.45, 2.75) is 13.8 Å². The minimum atomic E-state index is 0.157. The lowest BCUT2D eigenvalue weighted by Crippen LogP contribution is -1.97. The third-order valence-corrected chi connectivity index (χ3v) is 2.74. The van der Waals surface area contributed by atoms with Crippen LogP contribution in [0.25, 0.3) is 0 Å². The summed E-state index contributed by atoms with van der Waals surface area (Å²) in [6.45, 7) is 3.50. The van der Waals surface area contributed by atoms with Gasteiger partial charge in [0.05, 0.1) is 5.69 Å². The summed E-state index contributed by atoms with van der Waals surface area (Å²) in [5.41, 5.74) is 1.65. The lowest BCUT2D eigenvalue weighted by molar-refractivity contribution is 0.416. The van der Waals surface area contributed by atoms with E-state index in [1.165, 1.54) is 4.68 Å². The number of aryl methyl sites for hydroxylation is 2. The van der Waals surface area contributed by atoms with E-state index < -0.39 is 0 Å². The van der Waals surface area contributed by atoms with Gasteiger partial charge in [0.25, 0.3) is 0 Å². The molecule has 0 bridgehead atoms. The normalized spacial score (nSPS) is 10.1. The van der Waals surface area contributed by atoms with E-state index >= 15 is 0 Å². The van der Waals surface area contributed by atoms with Crippen molar-refractivity contribution in [3.05, 3.63) is 35.0 Å². The number of phenols is 1. The Hall–Kier alpha value is -2.48. The van der Waals surface area contributed by atoms with Crippen molar-refractivity contribution < 1.29 is 9.84 Å². The highest BCUT2D eigenvalue weighted by Gasteiger charge is 2.16. The molecule has 0 aliphatic rings. The van der Waals surface area contributed by atoms with Gasteiger partial charge in [0.15, 0.2) is 0 Å². The molecule has 0 amide bonds. The van der Waals surface area contributed by atoms with Crippen LogP contribution in [0.2, 0.25) is 0 Å². The molecule has 92 valence electrons. The highest BCUT2D eigenvalue weighted by molar-refractivity contribution is 5.48. The number of rotatable bonds is 2. The summed E-state index contributed by atoms with van der Waals surface area (Å²) in [4.78, 5) is 0. The van der Waals surface area contributed by atoms with Crippen LogP contribution in [-0.2, 0) is 7.05 Å². The highest BCUT2D eigenvalue weighted by Crippen LogP contribution is 2.32. The van der Waals surface area contributed by atoms with Gasteiger partial charge in [-0.15, -0.1) is 0 Å². The molecule has 0 fully saturated rings. The topological polar surface area (TPSA) is 71.1 Å². The Morgan fingerprint density at radius 3 is 2.78 bits per heavy atom. The number of aromatic nitrogens is 2. The zero-order valence-electron chi connectivity index (χ0n) is 10.4. The van der Waals surface area contributed by atoms with Crippen molar-refractivity contribution in [3.63, 3.8) is 0 Å². The van der Waals surface area contributed by atoms with E-state index in [1.54, 1.807) is 39.1 Å². The smallest absolute Gasteiger partial charge is 0.235 e. The van der Waals surface area contributed by atoms with Gasteiger partial charge in [0, 0.05) is 12.6 Å². The predicted octanol–water partition coefficient (Wildman–Crippen LogP) is 2.41. The van der Waals surface area contributed by atoms with E-state index in [4.69, 9.17) is 10.00 Å². The van der Waals surface area contributed by atoms with Gasteiger partial charge in [-0.3, -0.25) is 0 Å². The molecule has 1 aromatic heterocycles. The van der Waals surface area contributed by atoms with E-state index in [1.807, 2.05) is 0 Å². The molecule has 2 aromatic rings. The lowest BCUT2D eigenvalue weighted by Gasteiger charge is -2.09. The van der Waals surface area contributed by atoms with Gasteiger partial charge in [-0.25, -0.2) is 4.68 Å². The summed E-state index contributed by atoms with van der Waals surface area (Å²) in [5.74, 6) is 1.04. The maximum atomic E-state index is 9.61. The number of benzene rings is 1. The molecule has 0 unspecified atom stereocenters. The van der Waals surface area contributed by atoms with E-state index in [0.29, 0.717) is 28.5 Å². The molecule has 1 N–H and O–H groups in total. The van der Waals surface area contributed by atoms with E-state index in [2.05, 4.69) is 11.2 Å². The zero-order chi connectivity index (χ0) is 13.3. The number of ether oxygens (including phenoxy) is 1. The molecule has 0 atom stereocenters. The monoisotopic (exact) mass is 243 g/mol. The van der Waals surface area contributed by atoms with Crippen LogP contribution in [0.5, 0.6) is 17.4 Å². The SMILES string of the molecule is Cc1nn(C)c(Oc2cccc(O)c2C)c1C#N. The van der Waals surface area contributed by atoms with Crippen LogP contribution in [0.3, 0.4) is 0 Å². The molecule has 0 aliphatic carbocycles. The fourth-order valence-electron chi connectivity index (χ4n) is 1.70. The van der Waals surface area contributed by atoms with Crippen molar-refractivity contribution in [2.24, 2.45) is 7.05 Å². The third-order valence-electron chi connectivity index (χ3n) is 2.74. The van der Waals surface area contributed by atoms with Crippen LogP contribution in [-0.4, -0.2) is 14.9 Å². The molecule has 5 heteroatoms. The Morgan fingerprint density at radius 2 is 2.11 bits per heavy atom. The average Bonchev–Trinajstić information content (AvgIpc) is 2.59. The maximum Gasteiger partial charge on any atom is 0.235 e. The standard InChI is InChI=1S/C13H13N3O2/c1-8-11(17)5-4-6-12(8)18-13-10(7-14)9(2)15-16(13)3/h4-6,17H,1-3H3. The van der Waals surface area contributed by atoms with Crippen LogP contribution in [0.15, 0.2) is 18.2 Å². The number of phenolic OH excluding ortho intramolecular Hbond substituents is 1. The minimum absolute atomic E-state index is 0.157. The van der Waals surface area contributed by atoms with E-state index in [-0.39, 0.29) is 5.75 Å². The zero-order valence-corrected chi connectivity index (χ0v) is 10.4. The van der Waals surface area contributed by atoms with Gasteiger partial charge < -0.3 is 9.84 Å². The molecule has 0 radical (unpaired) electrons. The molecule has 0 saturated heterocycles. The second-order valence-corrected chi connectivity index (χ2v) is 4.00. The molecule has 1 heterocycles. The average molecular weight is 243 g/mol. The minimum Gasteiger partial charge on any atom is -0.508 e. The van der Waals surface area contributed by atoms with Crippen molar-refractivity contribution in [2.75, 3.05) is 0 Å². The largest absolute Gasteiger partial charge is 0.508 e.